The summed E-state index contributed by atoms with van der Waals surface area (Å²) in [6.45, 7) is 1.80. The van der Waals surface area contributed by atoms with Gasteiger partial charge < -0.3 is 5.11 Å². The fraction of sp³-hybridized carbons (Fsp3) is 0.375. The first-order valence-electron chi connectivity index (χ1n) is 3.62. The topological polar surface area (TPSA) is 33.1 Å². The van der Waals surface area contributed by atoms with Crippen LogP contribution in [0.5, 0.6) is 0 Å². The average Bonchev–Trinajstić information content (AvgIpc) is 2.28. The molecule has 0 bridgehead atoms. The van der Waals surface area contributed by atoms with E-state index in [4.69, 9.17) is 0 Å². The molecule has 0 saturated carbocycles. The number of halogens is 1. The number of aliphatic hydroxyl groups is 1. The second-order valence-corrected chi connectivity index (χ2v) is 4.87. The number of nitrogens with zero attached hydrogens (tertiary/aromatic N) is 1. The van der Waals surface area contributed by atoms with Crippen molar-refractivity contribution in [2.75, 3.05) is 5.75 Å². The third-order valence-corrected chi connectivity index (χ3v) is 3.63. The van der Waals surface area contributed by atoms with E-state index in [-0.39, 0.29) is 0 Å². The minimum absolute atomic E-state index is 0.700. The lowest BCUT2D eigenvalue weighted by Gasteiger charge is -2.14. The molecule has 0 aliphatic carbocycles. The third-order valence-electron chi connectivity index (χ3n) is 1.84. The van der Waals surface area contributed by atoms with Crippen molar-refractivity contribution in [1.82, 2.24) is 4.98 Å². The van der Waals surface area contributed by atoms with E-state index in [1.165, 1.54) is 0 Å². The Kier molecular flexibility index (Phi) is 1.93. The third kappa shape index (κ3) is 1.28. The quantitative estimate of drug-likeness (QED) is 0.712. The number of rotatable bonds is 0. The molecule has 1 unspecified atom stereocenters. The van der Waals surface area contributed by atoms with Crippen LogP contribution in [0.1, 0.15) is 12.6 Å². The highest BCUT2D eigenvalue weighted by atomic mass is 79.9. The number of hydrogen-bond donors (Lipinski definition) is 1. The van der Waals surface area contributed by atoms with Crippen LogP contribution in [-0.4, -0.2) is 15.8 Å². The van der Waals surface area contributed by atoms with Gasteiger partial charge in [-0.15, -0.1) is 11.8 Å². The van der Waals surface area contributed by atoms with Crippen LogP contribution in [0.3, 0.4) is 0 Å². The first-order chi connectivity index (χ1) is 5.59. The molecule has 0 fully saturated rings. The molecule has 1 aliphatic heterocycles. The molecule has 2 heterocycles. The standard InChI is InChI=1S/C8H8BrNOS/c1-8(11)4-12-5-2-3-6(9)10-7(5)8/h2-3,11H,4H2,1H3. The summed E-state index contributed by atoms with van der Waals surface area (Å²) in [6, 6.07) is 3.88. The van der Waals surface area contributed by atoms with Crippen LogP contribution in [0.15, 0.2) is 21.6 Å². The lowest BCUT2D eigenvalue weighted by Crippen LogP contribution is -2.21. The Morgan fingerprint density at radius 2 is 2.42 bits per heavy atom. The molecule has 1 aliphatic rings. The SMILES string of the molecule is CC1(O)CSc2ccc(Br)nc21. The maximum atomic E-state index is 9.87. The van der Waals surface area contributed by atoms with Crippen molar-refractivity contribution in [3.8, 4) is 0 Å². The van der Waals surface area contributed by atoms with Crippen LogP contribution in [0.2, 0.25) is 0 Å². The molecule has 1 N–H and O–H groups in total. The largest absolute Gasteiger partial charge is 0.383 e. The fourth-order valence-corrected chi connectivity index (χ4v) is 2.66. The minimum atomic E-state index is -0.760. The number of hydrogen-bond acceptors (Lipinski definition) is 3. The van der Waals surface area contributed by atoms with Crippen molar-refractivity contribution < 1.29 is 5.11 Å². The Balaban J connectivity index is 2.57. The molecular weight excluding hydrogens is 238 g/mol. The second-order valence-electron chi connectivity index (χ2n) is 3.04. The van der Waals surface area contributed by atoms with Crippen molar-refractivity contribution in [3.63, 3.8) is 0 Å². The Bertz CT molecular complexity index is 327. The normalized spacial score (nSPS) is 27.2. The molecule has 12 heavy (non-hydrogen) atoms. The van der Waals surface area contributed by atoms with Gasteiger partial charge in [0.1, 0.15) is 10.2 Å². The van der Waals surface area contributed by atoms with Gasteiger partial charge in [-0.2, -0.15) is 0 Å². The van der Waals surface area contributed by atoms with Crippen LogP contribution in [0, 0.1) is 0 Å². The van der Waals surface area contributed by atoms with E-state index in [0.717, 1.165) is 15.2 Å². The molecule has 1 aromatic heterocycles. The van der Waals surface area contributed by atoms with Crippen molar-refractivity contribution in [1.29, 1.82) is 0 Å². The summed E-state index contributed by atoms with van der Waals surface area (Å²) >= 11 is 4.94. The van der Waals surface area contributed by atoms with Crippen molar-refractivity contribution >= 4 is 27.7 Å². The summed E-state index contributed by atoms with van der Waals surface area (Å²) in [6.07, 6.45) is 0. The van der Waals surface area contributed by atoms with Crippen LogP contribution < -0.4 is 0 Å². The summed E-state index contributed by atoms with van der Waals surface area (Å²) in [5.41, 5.74) is 0.0333. The van der Waals surface area contributed by atoms with Gasteiger partial charge in [-0.25, -0.2) is 4.98 Å². The van der Waals surface area contributed by atoms with Crippen LogP contribution in [-0.2, 0) is 5.60 Å². The molecule has 0 radical (unpaired) electrons. The van der Waals surface area contributed by atoms with E-state index in [0.29, 0.717) is 5.75 Å². The van der Waals surface area contributed by atoms with E-state index in [1.807, 2.05) is 12.1 Å². The highest BCUT2D eigenvalue weighted by Crippen LogP contribution is 2.41. The molecule has 64 valence electrons. The van der Waals surface area contributed by atoms with E-state index in [9.17, 15) is 5.11 Å². The lowest BCUT2D eigenvalue weighted by molar-refractivity contribution is 0.0801. The van der Waals surface area contributed by atoms with E-state index in [1.54, 1.807) is 18.7 Å². The summed E-state index contributed by atoms with van der Waals surface area (Å²) in [5.74, 6) is 0.700. The molecule has 0 amide bonds. The zero-order chi connectivity index (χ0) is 8.77. The predicted molar refractivity (Wildman–Crippen MR) is 52.2 cm³/mol. The predicted octanol–water partition coefficient (Wildman–Crippen LogP) is 2.16. The fourth-order valence-electron chi connectivity index (χ4n) is 1.21. The second kappa shape index (κ2) is 2.72. The van der Waals surface area contributed by atoms with E-state index in [2.05, 4.69) is 20.9 Å². The monoisotopic (exact) mass is 245 g/mol. The molecule has 0 saturated heterocycles. The van der Waals surface area contributed by atoms with E-state index >= 15 is 0 Å². The molecule has 4 heteroatoms. The van der Waals surface area contributed by atoms with Gasteiger partial charge in [-0.3, -0.25) is 0 Å². The van der Waals surface area contributed by atoms with Gasteiger partial charge in [-0.1, -0.05) is 0 Å². The Morgan fingerprint density at radius 3 is 3.17 bits per heavy atom. The average molecular weight is 246 g/mol. The number of pyridine rings is 1. The summed E-state index contributed by atoms with van der Waals surface area (Å²) in [7, 11) is 0. The first-order valence-corrected chi connectivity index (χ1v) is 5.40. The molecule has 1 aromatic rings. The molecule has 0 spiro atoms. The molecule has 0 aromatic carbocycles. The zero-order valence-electron chi connectivity index (χ0n) is 6.54. The number of aromatic nitrogens is 1. The van der Waals surface area contributed by atoms with Crippen LogP contribution in [0.4, 0.5) is 0 Å². The van der Waals surface area contributed by atoms with Crippen LogP contribution >= 0.6 is 27.7 Å². The Hall–Kier alpha value is -0.0600. The maximum absolute atomic E-state index is 9.87. The van der Waals surface area contributed by atoms with Crippen molar-refractivity contribution in [3.05, 3.63) is 22.4 Å². The van der Waals surface area contributed by atoms with Gasteiger partial charge in [-0.05, 0) is 35.0 Å². The van der Waals surface area contributed by atoms with Gasteiger partial charge >= 0.3 is 0 Å². The molecule has 1 atom stereocenters. The van der Waals surface area contributed by atoms with Gasteiger partial charge in [0.05, 0.1) is 5.69 Å². The van der Waals surface area contributed by atoms with Gasteiger partial charge in [0, 0.05) is 10.6 Å². The summed E-state index contributed by atoms with van der Waals surface area (Å²) in [4.78, 5) is 5.34. The van der Waals surface area contributed by atoms with E-state index < -0.39 is 5.60 Å². The zero-order valence-corrected chi connectivity index (χ0v) is 8.94. The van der Waals surface area contributed by atoms with Gasteiger partial charge in [0.25, 0.3) is 0 Å². The molecule has 2 nitrogen and oxygen atoms in total. The van der Waals surface area contributed by atoms with Gasteiger partial charge in [0.15, 0.2) is 0 Å². The highest BCUT2D eigenvalue weighted by Gasteiger charge is 2.34. The van der Waals surface area contributed by atoms with Crippen LogP contribution in [0.25, 0.3) is 0 Å². The minimum Gasteiger partial charge on any atom is -0.383 e. The van der Waals surface area contributed by atoms with Crippen molar-refractivity contribution in [2.24, 2.45) is 0 Å². The molecular formula is C8H8BrNOS. The smallest absolute Gasteiger partial charge is 0.114 e. The Labute approximate surface area is 83.5 Å². The van der Waals surface area contributed by atoms with Gasteiger partial charge in [0.2, 0.25) is 0 Å². The summed E-state index contributed by atoms with van der Waals surface area (Å²) < 4.78 is 0.782. The highest BCUT2D eigenvalue weighted by molar-refractivity contribution is 9.10. The number of thioether (sulfide) groups is 1. The maximum Gasteiger partial charge on any atom is 0.114 e. The lowest BCUT2D eigenvalue weighted by atomic mass is 10.1. The molecule has 2 rings (SSSR count). The summed E-state index contributed by atoms with van der Waals surface area (Å²) in [5, 5.41) is 9.87. The Morgan fingerprint density at radius 1 is 1.67 bits per heavy atom. The first kappa shape index (κ1) is 8.53. The van der Waals surface area contributed by atoms with Crippen molar-refractivity contribution in [2.45, 2.75) is 17.4 Å². The number of fused-ring (bicyclic) bond motifs is 1.